The summed E-state index contributed by atoms with van der Waals surface area (Å²) in [7, 11) is 0. The predicted octanol–water partition coefficient (Wildman–Crippen LogP) is -0.505. The minimum absolute atomic E-state index is 0. The largest absolute Gasteiger partial charge is 3.00 e. The monoisotopic (exact) mass is 212 g/mol. The van der Waals surface area contributed by atoms with Crippen LogP contribution in [0, 0.1) is 0 Å². The molecule has 4 heavy (non-hydrogen) atoms. The zero-order chi connectivity index (χ0) is 0. The summed E-state index contributed by atoms with van der Waals surface area (Å²) in [5.41, 5.74) is 0. The Morgan fingerprint density at radius 1 is 1.00 bits per heavy atom. The predicted molar refractivity (Wildman–Crippen MR) is 6.44 cm³/mol. The summed E-state index contributed by atoms with van der Waals surface area (Å²) in [6.45, 7) is 0. The molecular weight excluding hydrogens is 215 g/mol. The summed E-state index contributed by atoms with van der Waals surface area (Å²) in [6, 6.07) is 0. The SMILES string of the molecule is [Cu+2].[Ga+3].[O-2].[Zn+2]. The second kappa shape index (κ2) is 21.9. The molecule has 0 aliphatic carbocycles. The van der Waals surface area contributed by atoms with Crippen molar-refractivity contribution < 1.29 is 42.0 Å². The van der Waals surface area contributed by atoms with Crippen LogP contribution in [0.3, 0.4) is 0 Å². The van der Waals surface area contributed by atoms with Crippen molar-refractivity contribution in [2.75, 3.05) is 0 Å². The zero-order valence-electron chi connectivity index (χ0n) is 1.99. The molecule has 0 aromatic carbocycles. The molecule has 0 amide bonds. The maximum absolute atomic E-state index is 0. The molecule has 0 bridgehead atoms. The van der Waals surface area contributed by atoms with E-state index in [0.717, 1.165) is 0 Å². The molecular formula is CuGaOZn+5. The Bertz CT molecular complexity index is 8.00. The first-order chi connectivity index (χ1) is 0. The zero-order valence-corrected chi connectivity index (χ0v) is 8.33. The second-order valence-electron chi connectivity index (χ2n) is 0. The Balaban J connectivity index is 0. The standard InChI is InChI=1S/Cu.Ga.O.Zn/q+2;+3;-2;+2. The van der Waals surface area contributed by atoms with E-state index in [1.54, 1.807) is 0 Å². The van der Waals surface area contributed by atoms with Crippen LogP contribution in [0.15, 0.2) is 0 Å². The molecule has 1 nitrogen and oxygen atoms in total. The number of rotatable bonds is 0. The molecule has 0 unspecified atom stereocenters. The van der Waals surface area contributed by atoms with Crippen LogP contribution >= 0.6 is 0 Å². The van der Waals surface area contributed by atoms with Crippen molar-refractivity contribution in [3.05, 3.63) is 0 Å². The summed E-state index contributed by atoms with van der Waals surface area (Å²) in [5.74, 6) is 0. The average Bonchev–Trinajstić information content (AvgIpc) is 0. The quantitative estimate of drug-likeness (QED) is 0.487. The van der Waals surface area contributed by atoms with Gasteiger partial charge in [0.25, 0.3) is 0 Å². The van der Waals surface area contributed by atoms with E-state index in [-0.39, 0.29) is 61.8 Å². The van der Waals surface area contributed by atoms with Gasteiger partial charge < -0.3 is 5.48 Å². The first-order valence-corrected chi connectivity index (χ1v) is 0. The molecule has 0 atom stereocenters. The van der Waals surface area contributed by atoms with E-state index < -0.39 is 0 Å². The minimum Gasteiger partial charge on any atom is -2.00 e. The van der Waals surface area contributed by atoms with Crippen LogP contribution in [-0.4, -0.2) is 19.8 Å². The van der Waals surface area contributed by atoms with Crippen LogP contribution in [0.4, 0.5) is 0 Å². The van der Waals surface area contributed by atoms with E-state index >= 15 is 0 Å². The minimum atomic E-state index is 0. The van der Waals surface area contributed by atoms with Crippen LogP contribution in [0.2, 0.25) is 0 Å². The van der Waals surface area contributed by atoms with E-state index in [1.807, 2.05) is 0 Å². The third kappa shape index (κ3) is 9.28. The van der Waals surface area contributed by atoms with Gasteiger partial charge in [-0.15, -0.1) is 0 Å². The molecule has 0 aromatic heterocycles. The fraction of sp³-hybridized carbons (Fsp3) is 0. The molecule has 4 heteroatoms. The molecule has 0 aliphatic heterocycles. The summed E-state index contributed by atoms with van der Waals surface area (Å²) >= 11 is 0. The van der Waals surface area contributed by atoms with Crippen LogP contribution in [0.1, 0.15) is 0 Å². The van der Waals surface area contributed by atoms with Crippen molar-refractivity contribution in [1.82, 2.24) is 0 Å². The van der Waals surface area contributed by atoms with Gasteiger partial charge in [-0.25, -0.2) is 0 Å². The van der Waals surface area contributed by atoms with Gasteiger partial charge in [-0.1, -0.05) is 0 Å². The maximum Gasteiger partial charge on any atom is 3.00 e. The molecule has 0 heterocycles. The van der Waals surface area contributed by atoms with Gasteiger partial charge in [-0.05, 0) is 0 Å². The van der Waals surface area contributed by atoms with Crippen molar-refractivity contribution >= 4 is 19.8 Å². The van der Waals surface area contributed by atoms with Gasteiger partial charge in [-0.2, -0.15) is 0 Å². The van der Waals surface area contributed by atoms with Crippen LogP contribution in [0.25, 0.3) is 0 Å². The van der Waals surface area contributed by atoms with E-state index in [1.165, 1.54) is 0 Å². The van der Waals surface area contributed by atoms with E-state index in [2.05, 4.69) is 0 Å². The van der Waals surface area contributed by atoms with Gasteiger partial charge in [0.05, 0.1) is 0 Å². The second-order valence-corrected chi connectivity index (χ2v) is 0. The third-order valence-electron chi connectivity index (χ3n) is 0. The molecule has 0 aromatic rings. The third-order valence-corrected chi connectivity index (χ3v) is 0. The van der Waals surface area contributed by atoms with Crippen LogP contribution < -0.4 is 0 Å². The Morgan fingerprint density at radius 2 is 1.00 bits per heavy atom. The summed E-state index contributed by atoms with van der Waals surface area (Å²) in [4.78, 5) is 0. The first-order valence-electron chi connectivity index (χ1n) is 0. The Morgan fingerprint density at radius 3 is 1.00 bits per heavy atom. The fourth-order valence-corrected chi connectivity index (χ4v) is 0. The molecule has 17 valence electrons. The summed E-state index contributed by atoms with van der Waals surface area (Å²) in [6.07, 6.45) is 0. The van der Waals surface area contributed by atoms with Crippen molar-refractivity contribution in [2.45, 2.75) is 0 Å². The Kier molecular flexibility index (Phi) is 233. The van der Waals surface area contributed by atoms with E-state index in [9.17, 15) is 0 Å². The molecule has 0 saturated carbocycles. The molecule has 1 radical (unpaired) electrons. The van der Waals surface area contributed by atoms with Gasteiger partial charge in [-0.3, -0.25) is 0 Å². The molecule has 0 aliphatic rings. The molecule has 0 fully saturated rings. The van der Waals surface area contributed by atoms with Crippen molar-refractivity contribution in [3.63, 3.8) is 0 Å². The molecule has 0 N–H and O–H groups in total. The topological polar surface area (TPSA) is 28.5 Å². The summed E-state index contributed by atoms with van der Waals surface area (Å²) < 4.78 is 0. The van der Waals surface area contributed by atoms with Crippen molar-refractivity contribution in [2.24, 2.45) is 0 Å². The van der Waals surface area contributed by atoms with Crippen LogP contribution in [-0.2, 0) is 42.0 Å². The molecule has 0 saturated heterocycles. The number of hydrogen-bond acceptors (Lipinski definition) is 0. The van der Waals surface area contributed by atoms with Crippen molar-refractivity contribution in [1.29, 1.82) is 0 Å². The fourth-order valence-electron chi connectivity index (χ4n) is 0. The average molecular weight is 215 g/mol. The van der Waals surface area contributed by atoms with Gasteiger partial charge in [0.1, 0.15) is 0 Å². The first kappa shape index (κ1) is 42.6. The normalized spacial score (nSPS) is 0. The summed E-state index contributed by atoms with van der Waals surface area (Å²) in [5, 5.41) is 0. The Labute approximate surface area is 61.5 Å². The molecule has 0 spiro atoms. The smallest absolute Gasteiger partial charge is 2.00 e. The van der Waals surface area contributed by atoms with E-state index in [4.69, 9.17) is 0 Å². The van der Waals surface area contributed by atoms with E-state index in [0.29, 0.717) is 0 Å². The van der Waals surface area contributed by atoms with Gasteiger partial charge >= 0.3 is 56.3 Å². The van der Waals surface area contributed by atoms with Crippen LogP contribution in [0.5, 0.6) is 0 Å². The van der Waals surface area contributed by atoms with Gasteiger partial charge in [0.2, 0.25) is 0 Å². The van der Waals surface area contributed by atoms with Crippen molar-refractivity contribution in [3.8, 4) is 0 Å². The Hall–Kier alpha value is 1.74. The maximum atomic E-state index is 0. The van der Waals surface area contributed by atoms with Gasteiger partial charge in [0.15, 0.2) is 0 Å². The molecule has 0 rings (SSSR count). The number of hydrogen-bond donors (Lipinski definition) is 0. The van der Waals surface area contributed by atoms with Gasteiger partial charge in [0, 0.05) is 0 Å².